The highest BCUT2D eigenvalue weighted by Crippen LogP contribution is 2.22. The molecule has 3 heterocycles. The first-order valence-electron chi connectivity index (χ1n) is 9.61. The van der Waals surface area contributed by atoms with Gasteiger partial charge in [0.2, 0.25) is 5.91 Å². The second kappa shape index (κ2) is 8.35. The molecule has 1 aliphatic heterocycles. The number of amides is 1. The Labute approximate surface area is 159 Å². The van der Waals surface area contributed by atoms with Crippen LogP contribution in [0.3, 0.4) is 0 Å². The number of ether oxygens (including phenoxy) is 1. The highest BCUT2D eigenvalue weighted by Gasteiger charge is 2.26. The van der Waals surface area contributed by atoms with Crippen molar-refractivity contribution >= 4 is 16.8 Å². The van der Waals surface area contributed by atoms with Gasteiger partial charge in [-0.1, -0.05) is 24.3 Å². The van der Waals surface area contributed by atoms with E-state index < -0.39 is 0 Å². The Balaban J connectivity index is 1.50. The second-order valence-electron chi connectivity index (χ2n) is 7.12. The van der Waals surface area contributed by atoms with Crippen molar-refractivity contribution in [2.24, 2.45) is 5.92 Å². The molecule has 0 saturated carbocycles. The molecular formula is C22H25N3O2. The van der Waals surface area contributed by atoms with E-state index in [1.165, 1.54) is 10.9 Å². The van der Waals surface area contributed by atoms with Gasteiger partial charge in [0, 0.05) is 61.7 Å². The molecule has 140 valence electrons. The van der Waals surface area contributed by atoms with Crippen LogP contribution in [0.5, 0.6) is 0 Å². The molecule has 1 aromatic carbocycles. The first kappa shape index (κ1) is 17.7. The smallest absolute Gasteiger partial charge is 0.226 e. The molecule has 4 rings (SSSR count). The number of pyridine rings is 1. The van der Waals surface area contributed by atoms with Crippen molar-refractivity contribution in [1.29, 1.82) is 0 Å². The summed E-state index contributed by atoms with van der Waals surface area (Å²) in [6, 6.07) is 12.3. The number of hydrogen-bond donors (Lipinski definition) is 1. The van der Waals surface area contributed by atoms with Crippen molar-refractivity contribution in [1.82, 2.24) is 14.9 Å². The number of hydrogen-bond acceptors (Lipinski definition) is 3. The topological polar surface area (TPSA) is 58.2 Å². The van der Waals surface area contributed by atoms with Gasteiger partial charge in [0.25, 0.3) is 0 Å². The van der Waals surface area contributed by atoms with Gasteiger partial charge < -0.3 is 14.6 Å². The van der Waals surface area contributed by atoms with Gasteiger partial charge in [-0.3, -0.25) is 9.78 Å². The van der Waals surface area contributed by atoms with Crippen LogP contribution in [0.25, 0.3) is 10.9 Å². The molecular weight excluding hydrogens is 338 g/mol. The molecule has 5 nitrogen and oxygen atoms in total. The van der Waals surface area contributed by atoms with Gasteiger partial charge in [-0.2, -0.15) is 0 Å². The highest BCUT2D eigenvalue weighted by molar-refractivity contribution is 5.83. The van der Waals surface area contributed by atoms with Crippen LogP contribution in [-0.2, 0) is 22.5 Å². The fourth-order valence-corrected chi connectivity index (χ4v) is 3.78. The normalized spacial score (nSPS) is 15.1. The van der Waals surface area contributed by atoms with Crippen LogP contribution in [0.1, 0.15) is 24.0 Å². The van der Waals surface area contributed by atoms with Crippen molar-refractivity contribution < 1.29 is 9.53 Å². The van der Waals surface area contributed by atoms with Gasteiger partial charge >= 0.3 is 0 Å². The van der Waals surface area contributed by atoms with Crippen molar-refractivity contribution in [2.45, 2.75) is 25.8 Å². The molecule has 3 aromatic rings. The van der Waals surface area contributed by atoms with Crippen molar-refractivity contribution in [2.75, 3.05) is 19.8 Å². The summed E-state index contributed by atoms with van der Waals surface area (Å²) >= 11 is 0. The van der Waals surface area contributed by atoms with E-state index in [1.54, 1.807) is 6.20 Å². The average molecular weight is 363 g/mol. The van der Waals surface area contributed by atoms with Crippen molar-refractivity contribution in [3.63, 3.8) is 0 Å². The molecule has 2 aromatic heterocycles. The van der Waals surface area contributed by atoms with Gasteiger partial charge in [-0.15, -0.1) is 0 Å². The lowest BCUT2D eigenvalue weighted by Crippen LogP contribution is -2.39. The standard InChI is InChI=1S/C22H25N3O2/c26-22(18-8-12-27-13-9-18)25(16-17-4-3-10-23-14-17)11-7-19-15-24-21-6-2-1-5-20(19)21/h1-6,10,14-15,18,24H,7-9,11-13,16H2. The maximum Gasteiger partial charge on any atom is 0.226 e. The number of rotatable bonds is 6. The van der Waals surface area contributed by atoms with Crippen LogP contribution in [0.4, 0.5) is 0 Å². The minimum atomic E-state index is 0.0680. The lowest BCUT2D eigenvalue weighted by atomic mass is 9.98. The van der Waals surface area contributed by atoms with Crippen molar-refractivity contribution in [3.05, 3.63) is 66.1 Å². The summed E-state index contributed by atoms with van der Waals surface area (Å²) in [5, 5.41) is 1.23. The SMILES string of the molecule is O=C(C1CCOCC1)N(CCc1c[nH]c2ccccc12)Cc1cccnc1. The largest absolute Gasteiger partial charge is 0.381 e. The Hall–Kier alpha value is -2.66. The zero-order chi connectivity index (χ0) is 18.5. The third-order valence-corrected chi connectivity index (χ3v) is 5.30. The van der Waals surface area contributed by atoms with Gasteiger partial charge in [-0.25, -0.2) is 0 Å². The molecule has 1 fully saturated rings. The summed E-state index contributed by atoms with van der Waals surface area (Å²) in [5.74, 6) is 0.306. The minimum Gasteiger partial charge on any atom is -0.381 e. The fraction of sp³-hybridized carbons (Fsp3) is 0.364. The zero-order valence-corrected chi connectivity index (χ0v) is 15.4. The lowest BCUT2D eigenvalue weighted by molar-refractivity contribution is -0.139. The number of H-pyrrole nitrogens is 1. The number of benzene rings is 1. The Bertz CT molecular complexity index is 885. The van der Waals surface area contributed by atoms with Gasteiger partial charge in [-0.05, 0) is 42.5 Å². The number of para-hydroxylation sites is 1. The highest BCUT2D eigenvalue weighted by atomic mass is 16.5. The molecule has 0 radical (unpaired) electrons. The van der Waals surface area contributed by atoms with E-state index in [2.05, 4.69) is 34.4 Å². The molecule has 1 amide bonds. The summed E-state index contributed by atoms with van der Waals surface area (Å²) in [5.41, 5.74) is 3.46. The zero-order valence-electron chi connectivity index (χ0n) is 15.4. The molecule has 27 heavy (non-hydrogen) atoms. The van der Waals surface area contributed by atoms with Crippen LogP contribution >= 0.6 is 0 Å². The number of aromatic nitrogens is 2. The van der Waals surface area contributed by atoms with Crippen molar-refractivity contribution in [3.8, 4) is 0 Å². The number of aromatic amines is 1. The van der Waals surface area contributed by atoms with Crippen LogP contribution in [0.2, 0.25) is 0 Å². The van der Waals surface area contributed by atoms with E-state index in [1.807, 2.05) is 29.3 Å². The molecule has 0 aliphatic carbocycles. The molecule has 1 aliphatic rings. The van der Waals surface area contributed by atoms with Gasteiger partial charge in [0.05, 0.1) is 0 Å². The Kier molecular flexibility index (Phi) is 5.49. The lowest BCUT2D eigenvalue weighted by Gasteiger charge is -2.29. The summed E-state index contributed by atoms with van der Waals surface area (Å²) in [4.78, 5) is 22.7. The number of nitrogens with zero attached hydrogens (tertiary/aromatic N) is 2. The predicted octanol–water partition coefficient (Wildman–Crippen LogP) is 3.56. The quantitative estimate of drug-likeness (QED) is 0.728. The number of fused-ring (bicyclic) bond motifs is 1. The van der Waals surface area contributed by atoms with E-state index in [9.17, 15) is 4.79 Å². The maximum absolute atomic E-state index is 13.2. The van der Waals surface area contributed by atoms with Gasteiger partial charge in [0.15, 0.2) is 0 Å². The maximum atomic E-state index is 13.2. The summed E-state index contributed by atoms with van der Waals surface area (Å²) in [7, 11) is 0. The Morgan fingerprint density at radius 2 is 2.04 bits per heavy atom. The molecule has 1 N–H and O–H groups in total. The Morgan fingerprint density at radius 3 is 2.85 bits per heavy atom. The van der Waals surface area contributed by atoms with Crippen LogP contribution in [0, 0.1) is 5.92 Å². The molecule has 0 unspecified atom stereocenters. The van der Waals surface area contributed by atoms with E-state index in [-0.39, 0.29) is 11.8 Å². The first-order valence-corrected chi connectivity index (χ1v) is 9.61. The monoisotopic (exact) mass is 363 g/mol. The van der Waals surface area contributed by atoms with Crippen LogP contribution in [-0.4, -0.2) is 40.5 Å². The van der Waals surface area contributed by atoms with Crippen LogP contribution < -0.4 is 0 Å². The molecule has 5 heteroatoms. The van der Waals surface area contributed by atoms with E-state index >= 15 is 0 Å². The number of nitrogens with one attached hydrogen (secondary N) is 1. The summed E-state index contributed by atoms with van der Waals surface area (Å²) in [6.07, 6.45) is 8.13. The number of carbonyl (C=O) groups is 1. The van der Waals surface area contributed by atoms with E-state index in [4.69, 9.17) is 4.74 Å². The third-order valence-electron chi connectivity index (χ3n) is 5.30. The number of carbonyl (C=O) groups excluding carboxylic acids is 1. The third kappa shape index (κ3) is 4.19. The average Bonchev–Trinajstić information content (AvgIpc) is 3.15. The van der Waals surface area contributed by atoms with Crippen LogP contribution in [0.15, 0.2) is 55.0 Å². The first-order chi connectivity index (χ1) is 13.3. The van der Waals surface area contributed by atoms with Gasteiger partial charge in [0.1, 0.15) is 0 Å². The van der Waals surface area contributed by atoms with E-state index in [0.29, 0.717) is 26.3 Å². The molecule has 1 saturated heterocycles. The fourth-order valence-electron chi connectivity index (χ4n) is 3.78. The molecule has 0 bridgehead atoms. The minimum absolute atomic E-state index is 0.0680. The Morgan fingerprint density at radius 1 is 1.19 bits per heavy atom. The predicted molar refractivity (Wildman–Crippen MR) is 105 cm³/mol. The summed E-state index contributed by atoms with van der Waals surface area (Å²) < 4.78 is 5.43. The molecule has 0 spiro atoms. The summed E-state index contributed by atoms with van der Waals surface area (Å²) in [6.45, 7) is 2.67. The van der Waals surface area contributed by atoms with E-state index in [0.717, 1.165) is 30.3 Å². The molecule has 0 atom stereocenters. The second-order valence-corrected chi connectivity index (χ2v) is 7.12.